The number of carbonyl (C=O) groups is 3. The maximum Gasteiger partial charge on any atom is 0.339 e. The summed E-state index contributed by atoms with van der Waals surface area (Å²) in [6.45, 7) is 5.49. The van der Waals surface area contributed by atoms with E-state index in [2.05, 4.69) is 5.32 Å². The zero-order valence-electron chi connectivity index (χ0n) is 15.8. The van der Waals surface area contributed by atoms with Crippen molar-refractivity contribution in [2.75, 3.05) is 32.1 Å². The minimum absolute atomic E-state index is 0.0283. The summed E-state index contributed by atoms with van der Waals surface area (Å²) in [5.74, 6) is -0.342. The lowest BCUT2D eigenvalue weighted by atomic mass is 9.91. The third-order valence-corrected chi connectivity index (χ3v) is 4.77. The van der Waals surface area contributed by atoms with Gasteiger partial charge in [0.1, 0.15) is 5.78 Å². The van der Waals surface area contributed by atoms with E-state index in [4.69, 9.17) is 4.74 Å². The normalized spacial score (nSPS) is 17.6. The minimum atomic E-state index is -0.479. The zero-order valence-corrected chi connectivity index (χ0v) is 15.8. The van der Waals surface area contributed by atoms with Gasteiger partial charge in [-0.1, -0.05) is 19.1 Å². The molecule has 1 atom stereocenters. The number of hydrogen-bond acceptors (Lipinski definition) is 5. The van der Waals surface area contributed by atoms with Crippen LogP contribution in [-0.2, 0) is 14.3 Å². The molecule has 1 aliphatic rings. The number of nitrogens with one attached hydrogen (secondary N) is 1. The number of piperidine rings is 1. The lowest BCUT2D eigenvalue weighted by molar-refractivity contribution is -0.126. The number of esters is 1. The number of likely N-dealkylation sites (tertiary alicyclic amines) is 1. The molecule has 1 saturated heterocycles. The summed E-state index contributed by atoms with van der Waals surface area (Å²) >= 11 is 0. The Hall–Kier alpha value is -2.21. The second kappa shape index (κ2) is 9.48. The highest BCUT2D eigenvalue weighted by molar-refractivity contribution is 6.02. The van der Waals surface area contributed by atoms with Crippen molar-refractivity contribution in [2.45, 2.75) is 39.5 Å². The van der Waals surface area contributed by atoms with Crippen LogP contribution in [0.2, 0.25) is 0 Å². The van der Waals surface area contributed by atoms with Gasteiger partial charge in [-0.05, 0) is 44.4 Å². The fraction of sp³-hybridized carbons (Fsp3) is 0.550. The van der Waals surface area contributed by atoms with E-state index in [9.17, 15) is 14.4 Å². The van der Waals surface area contributed by atoms with E-state index in [1.54, 1.807) is 12.1 Å². The highest BCUT2D eigenvalue weighted by atomic mass is 16.5. The van der Waals surface area contributed by atoms with Gasteiger partial charge in [-0.3, -0.25) is 14.5 Å². The monoisotopic (exact) mass is 360 g/mol. The molecule has 1 amide bonds. The van der Waals surface area contributed by atoms with E-state index in [1.807, 2.05) is 24.8 Å². The predicted molar refractivity (Wildman–Crippen MR) is 100 cm³/mol. The first-order valence-corrected chi connectivity index (χ1v) is 9.19. The van der Waals surface area contributed by atoms with E-state index in [1.165, 1.54) is 7.11 Å². The maximum absolute atomic E-state index is 12.5. The van der Waals surface area contributed by atoms with E-state index in [0.29, 0.717) is 30.0 Å². The summed E-state index contributed by atoms with van der Waals surface area (Å²) in [7, 11) is 1.32. The fourth-order valence-electron chi connectivity index (χ4n) is 3.41. The molecule has 26 heavy (non-hydrogen) atoms. The van der Waals surface area contributed by atoms with Crippen molar-refractivity contribution < 1.29 is 19.1 Å². The summed E-state index contributed by atoms with van der Waals surface area (Å²) in [5, 5.41) is 2.84. The smallest absolute Gasteiger partial charge is 0.339 e. The number of ketones is 1. The number of aryl methyl sites for hydroxylation is 1. The standard InChI is InChI=1S/C20H28N2O4/c1-4-7-17(23)15-9-6-11-22(12-15)13-18(24)21-19-14(2)8-5-10-16(19)20(25)26-3/h5,8,10,15H,4,6-7,9,11-13H2,1-3H3,(H,21,24). The summed E-state index contributed by atoms with van der Waals surface area (Å²) in [6.07, 6.45) is 3.29. The van der Waals surface area contributed by atoms with Gasteiger partial charge in [-0.15, -0.1) is 0 Å². The third-order valence-electron chi connectivity index (χ3n) is 4.77. The molecule has 1 N–H and O–H groups in total. The number of methoxy groups -OCH3 is 1. The molecular weight excluding hydrogens is 332 g/mol. The molecule has 0 bridgehead atoms. The molecule has 1 aliphatic heterocycles. The average Bonchev–Trinajstić information content (AvgIpc) is 2.63. The van der Waals surface area contributed by atoms with Gasteiger partial charge >= 0.3 is 5.97 Å². The van der Waals surface area contributed by atoms with Crippen LogP contribution in [0.5, 0.6) is 0 Å². The van der Waals surface area contributed by atoms with E-state index < -0.39 is 5.97 Å². The Bertz CT molecular complexity index is 672. The largest absolute Gasteiger partial charge is 0.465 e. The van der Waals surface area contributed by atoms with Crippen LogP contribution in [0.15, 0.2) is 18.2 Å². The Morgan fingerprint density at radius 1 is 1.31 bits per heavy atom. The first-order chi connectivity index (χ1) is 12.5. The summed E-state index contributed by atoms with van der Waals surface area (Å²) in [6, 6.07) is 5.23. The molecule has 1 aromatic carbocycles. The molecule has 1 aromatic rings. The second-order valence-corrected chi connectivity index (χ2v) is 6.83. The fourth-order valence-corrected chi connectivity index (χ4v) is 3.41. The number of rotatable bonds is 7. The number of amides is 1. The van der Waals surface area contributed by atoms with Crippen molar-refractivity contribution >= 4 is 23.3 Å². The molecule has 142 valence electrons. The van der Waals surface area contributed by atoms with Crippen LogP contribution < -0.4 is 5.32 Å². The molecule has 0 radical (unpaired) electrons. The van der Waals surface area contributed by atoms with E-state index >= 15 is 0 Å². The van der Waals surface area contributed by atoms with Crippen LogP contribution in [0.25, 0.3) is 0 Å². The lowest BCUT2D eigenvalue weighted by Crippen LogP contribution is -2.42. The second-order valence-electron chi connectivity index (χ2n) is 6.83. The molecule has 2 rings (SSSR count). The molecule has 1 fully saturated rings. The summed E-state index contributed by atoms with van der Waals surface area (Å²) in [4.78, 5) is 38.6. The lowest BCUT2D eigenvalue weighted by Gasteiger charge is -2.31. The number of para-hydroxylation sites is 1. The van der Waals surface area contributed by atoms with Crippen molar-refractivity contribution in [3.8, 4) is 0 Å². The Morgan fingerprint density at radius 3 is 2.77 bits per heavy atom. The highest BCUT2D eigenvalue weighted by Gasteiger charge is 2.26. The number of benzene rings is 1. The van der Waals surface area contributed by atoms with Gasteiger partial charge in [0, 0.05) is 18.9 Å². The number of carbonyl (C=O) groups excluding carboxylic acids is 3. The first kappa shape index (κ1) is 20.1. The first-order valence-electron chi connectivity index (χ1n) is 9.19. The Balaban J connectivity index is 2.01. The molecule has 0 aromatic heterocycles. The molecular formula is C20H28N2O4. The van der Waals surface area contributed by atoms with Crippen LogP contribution in [-0.4, -0.2) is 49.3 Å². The van der Waals surface area contributed by atoms with Crippen LogP contribution in [0.4, 0.5) is 5.69 Å². The topological polar surface area (TPSA) is 75.7 Å². The van der Waals surface area contributed by atoms with Crippen LogP contribution in [0, 0.1) is 12.8 Å². The zero-order chi connectivity index (χ0) is 19.1. The molecule has 0 spiro atoms. The highest BCUT2D eigenvalue weighted by Crippen LogP contribution is 2.22. The minimum Gasteiger partial charge on any atom is -0.465 e. The molecule has 6 nitrogen and oxygen atoms in total. The third kappa shape index (κ3) is 5.14. The molecule has 0 saturated carbocycles. The number of ether oxygens (including phenoxy) is 1. The van der Waals surface area contributed by atoms with Crippen molar-refractivity contribution in [3.63, 3.8) is 0 Å². The maximum atomic E-state index is 12.5. The molecule has 1 unspecified atom stereocenters. The van der Waals surface area contributed by atoms with Crippen LogP contribution >= 0.6 is 0 Å². The van der Waals surface area contributed by atoms with Gasteiger partial charge < -0.3 is 10.1 Å². The van der Waals surface area contributed by atoms with Crippen molar-refractivity contribution in [1.82, 2.24) is 4.90 Å². The van der Waals surface area contributed by atoms with Gasteiger partial charge in [0.25, 0.3) is 0 Å². The average molecular weight is 360 g/mol. The molecule has 6 heteroatoms. The van der Waals surface area contributed by atoms with Gasteiger partial charge in [-0.25, -0.2) is 4.79 Å². The SMILES string of the molecule is CCCC(=O)C1CCCN(CC(=O)Nc2c(C)cccc2C(=O)OC)C1. The Kier molecular flexibility index (Phi) is 7.33. The molecule has 1 heterocycles. The Morgan fingerprint density at radius 2 is 2.08 bits per heavy atom. The van der Waals surface area contributed by atoms with Gasteiger partial charge in [0.05, 0.1) is 24.9 Å². The van der Waals surface area contributed by atoms with Crippen molar-refractivity contribution in [2.24, 2.45) is 5.92 Å². The van der Waals surface area contributed by atoms with Crippen LogP contribution in [0.3, 0.4) is 0 Å². The van der Waals surface area contributed by atoms with E-state index in [0.717, 1.165) is 31.4 Å². The van der Waals surface area contributed by atoms with Gasteiger partial charge in [-0.2, -0.15) is 0 Å². The van der Waals surface area contributed by atoms with Gasteiger partial charge in [0.15, 0.2) is 0 Å². The summed E-state index contributed by atoms with van der Waals surface area (Å²) < 4.78 is 4.79. The summed E-state index contributed by atoms with van der Waals surface area (Å²) in [5.41, 5.74) is 1.63. The van der Waals surface area contributed by atoms with Crippen molar-refractivity contribution in [3.05, 3.63) is 29.3 Å². The van der Waals surface area contributed by atoms with Crippen molar-refractivity contribution in [1.29, 1.82) is 0 Å². The van der Waals surface area contributed by atoms with Gasteiger partial charge in [0.2, 0.25) is 5.91 Å². The number of hydrogen-bond donors (Lipinski definition) is 1. The predicted octanol–water partition coefficient (Wildman–Crippen LogP) is 2.80. The quantitative estimate of drug-likeness (QED) is 0.757. The number of Topliss-reactive ketones (excluding diaryl/α,β-unsaturated/α-hetero) is 1. The number of anilines is 1. The number of nitrogens with zero attached hydrogens (tertiary/aromatic N) is 1. The Labute approximate surface area is 154 Å². The molecule has 0 aliphatic carbocycles. The van der Waals surface area contributed by atoms with E-state index in [-0.39, 0.29) is 18.4 Å². The van der Waals surface area contributed by atoms with Crippen LogP contribution in [0.1, 0.15) is 48.5 Å².